The van der Waals surface area contributed by atoms with Gasteiger partial charge in [-0.1, -0.05) is 0 Å². The molecular formula is C18H16O5. The van der Waals surface area contributed by atoms with Crippen molar-refractivity contribution >= 4 is 11.9 Å². The van der Waals surface area contributed by atoms with Crippen molar-refractivity contribution in [2.75, 3.05) is 14.2 Å². The van der Waals surface area contributed by atoms with Crippen molar-refractivity contribution in [1.29, 1.82) is 0 Å². The van der Waals surface area contributed by atoms with Crippen molar-refractivity contribution < 1.29 is 24.1 Å². The zero-order valence-corrected chi connectivity index (χ0v) is 13.0. The van der Waals surface area contributed by atoms with Crippen LogP contribution in [0.15, 0.2) is 36.1 Å². The Bertz CT molecular complexity index is 820. The van der Waals surface area contributed by atoms with Crippen molar-refractivity contribution in [2.24, 2.45) is 0 Å². The summed E-state index contributed by atoms with van der Waals surface area (Å²) in [4.78, 5) is 12.5. The van der Waals surface area contributed by atoms with Crippen LogP contribution in [-0.2, 0) is 0 Å². The predicted molar refractivity (Wildman–Crippen MR) is 85.3 cm³/mol. The standard InChI is InChI=1S/C18H16O5/c1-10-6-12(19)8-15-17(10)18(20)16(23-15)7-11-4-5-13(21-2)9-14(11)22-3/h4-9,19H,1-3H3. The summed E-state index contributed by atoms with van der Waals surface area (Å²) >= 11 is 0. The molecule has 0 aliphatic carbocycles. The minimum atomic E-state index is -0.213. The Labute approximate surface area is 133 Å². The topological polar surface area (TPSA) is 65.0 Å². The number of ketones is 1. The molecule has 0 unspecified atom stereocenters. The van der Waals surface area contributed by atoms with E-state index in [0.717, 1.165) is 0 Å². The van der Waals surface area contributed by atoms with Crippen LogP contribution >= 0.6 is 0 Å². The first-order valence-corrected chi connectivity index (χ1v) is 7.03. The van der Waals surface area contributed by atoms with Crippen molar-refractivity contribution in [1.82, 2.24) is 0 Å². The lowest BCUT2D eigenvalue weighted by Crippen LogP contribution is -2.00. The van der Waals surface area contributed by atoms with E-state index >= 15 is 0 Å². The quantitative estimate of drug-likeness (QED) is 0.881. The molecule has 1 aliphatic heterocycles. The Morgan fingerprint density at radius 1 is 1.13 bits per heavy atom. The molecule has 0 amide bonds. The number of phenols is 1. The number of hydrogen-bond donors (Lipinski definition) is 1. The Kier molecular flexibility index (Phi) is 3.70. The molecule has 0 saturated carbocycles. The summed E-state index contributed by atoms with van der Waals surface area (Å²) < 4.78 is 16.1. The molecule has 1 N–H and O–H groups in total. The van der Waals surface area contributed by atoms with Crippen molar-refractivity contribution in [3.8, 4) is 23.0 Å². The zero-order valence-electron chi connectivity index (χ0n) is 13.0. The van der Waals surface area contributed by atoms with Crippen LogP contribution in [0, 0.1) is 6.92 Å². The highest BCUT2D eigenvalue weighted by Crippen LogP contribution is 2.38. The van der Waals surface area contributed by atoms with Crippen LogP contribution in [0.5, 0.6) is 23.0 Å². The van der Waals surface area contributed by atoms with Crippen LogP contribution in [0.2, 0.25) is 0 Å². The second kappa shape index (κ2) is 5.68. The highest BCUT2D eigenvalue weighted by atomic mass is 16.5. The fourth-order valence-corrected chi connectivity index (χ4v) is 2.57. The number of aryl methyl sites for hydroxylation is 1. The van der Waals surface area contributed by atoms with E-state index in [4.69, 9.17) is 14.2 Å². The van der Waals surface area contributed by atoms with Gasteiger partial charge in [-0.2, -0.15) is 0 Å². The Balaban J connectivity index is 2.03. The molecule has 0 spiro atoms. The van der Waals surface area contributed by atoms with Gasteiger partial charge < -0.3 is 19.3 Å². The number of ether oxygens (including phenoxy) is 3. The first kappa shape index (κ1) is 15.0. The minimum Gasteiger partial charge on any atom is -0.508 e. The van der Waals surface area contributed by atoms with E-state index in [2.05, 4.69) is 0 Å². The third-order valence-corrected chi connectivity index (χ3v) is 3.68. The van der Waals surface area contributed by atoms with Crippen LogP contribution in [0.1, 0.15) is 21.5 Å². The van der Waals surface area contributed by atoms with Gasteiger partial charge in [0.25, 0.3) is 0 Å². The average molecular weight is 312 g/mol. The monoisotopic (exact) mass is 312 g/mol. The van der Waals surface area contributed by atoms with Gasteiger partial charge in [0.05, 0.1) is 19.8 Å². The van der Waals surface area contributed by atoms with Gasteiger partial charge in [0, 0.05) is 17.7 Å². The average Bonchev–Trinajstić information content (AvgIpc) is 2.83. The number of carbonyl (C=O) groups excluding carboxylic acids is 1. The normalized spacial score (nSPS) is 14.6. The van der Waals surface area contributed by atoms with E-state index in [-0.39, 0.29) is 17.3 Å². The highest BCUT2D eigenvalue weighted by Gasteiger charge is 2.30. The SMILES string of the molecule is COc1ccc(C=C2Oc3cc(O)cc(C)c3C2=O)c(OC)c1. The minimum absolute atomic E-state index is 0.0670. The Morgan fingerprint density at radius 3 is 2.61 bits per heavy atom. The smallest absolute Gasteiger partial charge is 0.232 e. The Morgan fingerprint density at radius 2 is 1.91 bits per heavy atom. The summed E-state index contributed by atoms with van der Waals surface area (Å²) in [6, 6.07) is 8.27. The third-order valence-electron chi connectivity index (χ3n) is 3.68. The van der Waals surface area contributed by atoms with Gasteiger partial charge in [0.1, 0.15) is 23.0 Å². The number of aromatic hydroxyl groups is 1. The highest BCUT2D eigenvalue weighted by molar-refractivity contribution is 6.15. The molecule has 118 valence electrons. The fourth-order valence-electron chi connectivity index (χ4n) is 2.57. The number of Topliss-reactive ketones (excluding diaryl/α,β-unsaturated/α-hetero) is 1. The lowest BCUT2D eigenvalue weighted by atomic mass is 10.0. The molecule has 1 heterocycles. The number of phenolic OH excluding ortho intramolecular Hbond substituents is 1. The first-order valence-electron chi connectivity index (χ1n) is 7.03. The van der Waals surface area contributed by atoms with E-state index < -0.39 is 0 Å². The van der Waals surface area contributed by atoms with Gasteiger partial charge in [0.2, 0.25) is 5.78 Å². The zero-order chi connectivity index (χ0) is 16.6. The van der Waals surface area contributed by atoms with E-state index in [9.17, 15) is 9.90 Å². The van der Waals surface area contributed by atoms with E-state index in [1.165, 1.54) is 12.1 Å². The molecule has 0 atom stereocenters. The Hall–Kier alpha value is -2.95. The summed E-state index contributed by atoms with van der Waals surface area (Å²) in [5, 5.41) is 9.63. The van der Waals surface area contributed by atoms with Gasteiger partial charge in [-0.15, -0.1) is 0 Å². The molecule has 23 heavy (non-hydrogen) atoms. The third kappa shape index (κ3) is 2.61. The predicted octanol–water partition coefficient (Wildman–Crippen LogP) is 3.33. The van der Waals surface area contributed by atoms with Gasteiger partial charge in [-0.3, -0.25) is 4.79 Å². The first-order chi connectivity index (χ1) is 11.0. The molecule has 0 fully saturated rings. The maximum Gasteiger partial charge on any atom is 0.232 e. The largest absolute Gasteiger partial charge is 0.508 e. The fraction of sp³-hybridized carbons (Fsp3) is 0.167. The summed E-state index contributed by atoms with van der Waals surface area (Å²) in [6.07, 6.45) is 1.62. The van der Waals surface area contributed by atoms with Crippen LogP contribution in [0.3, 0.4) is 0 Å². The number of benzene rings is 2. The molecule has 1 aliphatic rings. The lowest BCUT2D eigenvalue weighted by molar-refractivity contribution is 0.101. The van der Waals surface area contributed by atoms with Crippen molar-refractivity contribution in [2.45, 2.75) is 6.92 Å². The molecular weight excluding hydrogens is 296 g/mol. The molecule has 5 nitrogen and oxygen atoms in total. The van der Waals surface area contributed by atoms with E-state index in [1.807, 2.05) is 0 Å². The second-order valence-corrected chi connectivity index (χ2v) is 5.18. The van der Waals surface area contributed by atoms with Crippen molar-refractivity contribution in [3.63, 3.8) is 0 Å². The number of carbonyl (C=O) groups is 1. The van der Waals surface area contributed by atoms with Gasteiger partial charge in [0.15, 0.2) is 5.76 Å². The number of allylic oxidation sites excluding steroid dienone is 1. The van der Waals surface area contributed by atoms with Crippen molar-refractivity contribution in [3.05, 3.63) is 52.8 Å². The van der Waals surface area contributed by atoms with Crippen LogP contribution in [0.25, 0.3) is 6.08 Å². The summed E-state index contributed by atoms with van der Waals surface area (Å²) in [7, 11) is 3.12. The summed E-state index contributed by atoms with van der Waals surface area (Å²) in [5.74, 6) is 1.64. The van der Waals surface area contributed by atoms with E-state index in [1.54, 1.807) is 45.4 Å². The molecule has 3 rings (SSSR count). The molecule has 0 saturated heterocycles. The number of hydrogen-bond acceptors (Lipinski definition) is 5. The number of fused-ring (bicyclic) bond motifs is 1. The molecule has 2 aromatic rings. The molecule has 2 aromatic carbocycles. The number of rotatable bonds is 3. The van der Waals surface area contributed by atoms with Crippen LogP contribution in [-0.4, -0.2) is 25.1 Å². The van der Waals surface area contributed by atoms with Gasteiger partial charge in [-0.05, 0) is 36.8 Å². The molecule has 0 aromatic heterocycles. The maximum absolute atomic E-state index is 12.5. The van der Waals surface area contributed by atoms with Crippen LogP contribution in [0.4, 0.5) is 0 Å². The van der Waals surface area contributed by atoms with E-state index in [0.29, 0.717) is 33.9 Å². The summed E-state index contributed by atoms with van der Waals surface area (Å²) in [5.41, 5.74) is 1.85. The number of methoxy groups -OCH3 is 2. The molecule has 5 heteroatoms. The van der Waals surface area contributed by atoms with Crippen LogP contribution < -0.4 is 14.2 Å². The maximum atomic E-state index is 12.5. The van der Waals surface area contributed by atoms with Gasteiger partial charge in [-0.25, -0.2) is 0 Å². The second-order valence-electron chi connectivity index (χ2n) is 5.18. The molecule has 0 bridgehead atoms. The molecule has 0 radical (unpaired) electrons. The van der Waals surface area contributed by atoms with Gasteiger partial charge >= 0.3 is 0 Å². The summed E-state index contributed by atoms with van der Waals surface area (Å²) in [6.45, 7) is 1.76. The lowest BCUT2D eigenvalue weighted by Gasteiger charge is -2.08.